The molecule has 0 aliphatic carbocycles. The van der Waals surface area contributed by atoms with Gasteiger partial charge >= 0.3 is 22.9 Å². The zero-order valence-electron chi connectivity index (χ0n) is 26.6. The molecule has 4 aromatic rings. The van der Waals surface area contributed by atoms with E-state index in [0.29, 0.717) is 5.56 Å². The van der Waals surface area contributed by atoms with Crippen LogP contribution in [-0.4, -0.2) is 35.5 Å². The minimum atomic E-state index is -5.23. The Hall–Kier alpha value is -3.71. The van der Waals surface area contributed by atoms with Gasteiger partial charge in [-0.3, -0.25) is 0 Å². The van der Waals surface area contributed by atoms with Crippen LogP contribution in [0.15, 0.2) is 112 Å². The molecule has 0 aliphatic rings. The highest BCUT2D eigenvalue weighted by Gasteiger charge is 2.46. The Balaban J connectivity index is 0.000000664. The maximum Gasteiger partial charge on any atom is 0.573 e. The van der Waals surface area contributed by atoms with Crippen molar-refractivity contribution in [3.05, 3.63) is 119 Å². The predicted molar refractivity (Wildman–Crippen MR) is 176 cm³/mol. The van der Waals surface area contributed by atoms with Crippen molar-refractivity contribution in [1.82, 2.24) is 0 Å². The van der Waals surface area contributed by atoms with E-state index in [0.717, 1.165) is 28.8 Å². The zero-order chi connectivity index (χ0) is 39.4. The number of thioether (sulfide) groups is 1. The molecule has 0 fully saturated rings. The lowest BCUT2D eigenvalue weighted by molar-refractivity contribution is -0.274. The molecule has 0 saturated carbocycles. The Kier molecular flexibility index (Phi) is 18.5. The Bertz CT molecular complexity index is 1710. The maximum atomic E-state index is 12.0. The molecule has 0 N–H and O–H groups in total. The van der Waals surface area contributed by atoms with Gasteiger partial charge in [-0.2, -0.15) is 39.5 Å². The normalized spacial score (nSPS) is 12.3. The van der Waals surface area contributed by atoms with Gasteiger partial charge in [0, 0.05) is 9.79 Å². The fraction of sp³-hybridized carbons (Fsp3) is 0.273. The molecule has 19 heteroatoms. The van der Waals surface area contributed by atoms with Crippen molar-refractivity contribution in [2.45, 2.75) is 72.7 Å². The van der Waals surface area contributed by atoms with Gasteiger partial charge in [0.25, 0.3) is 9.84 Å². The van der Waals surface area contributed by atoms with Crippen molar-refractivity contribution in [3.8, 4) is 5.75 Å². The number of alkyl halides is 12. The Morgan fingerprint density at radius 2 is 0.904 bits per heavy atom. The van der Waals surface area contributed by atoms with Crippen molar-refractivity contribution < 1.29 is 70.0 Å². The highest BCUT2D eigenvalue weighted by Crippen LogP contribution is 2.36. The zero-order valence-corrected chi connectivity index (χ0v) is 29.1. The van der Waals surface area contributed by atoms with Crippen molar-refractivity contribution in [2.75, 3.05) is 0 Å². The van der Waals surface area contributed by atoms with Gasteiger partial charge in [0.1, 0.15) is 5.75 Å². The third-order valence-corrected chi connectivity index (χ3v) is 8.95. The third-order valence-electron chi connectivity index (χ3n) is 5.59. The molecule has 0 heterocycles. The van der Waals surface area contributed by atoms with Gasteiger partial charge in [-0.1, -0.05) is 78.2 Å². The molecule has 4 rings (SSSR count). The Morgan fingerprint density at radius 3 is 1.23 bits per heavy atom. The summed E-state index contributed by atoms with van der Waals surface area (Å²) in [5, 5.41) is 0. The SMILES string of the molecule is C.Cc1ccc(OC(F)(F)F)cc1.Cc1ccc(S(=O)(=O)C(F)(F)F)cc1.Cc1ccc(S(=O)C(F)(F)F)cc1.Cc1ccc(SC(F)(F)F)cc1. The Morgan fingerprint density at radius 1 is 0.558 bits per heavy atom. The largest absolute Gasteiger partial charge is 0.573 e. The topological polar surface area (TPSA) is 60.4 Å². The second-order valence-corrected chi connectivity index (χ2v) is 14.6. The standard InChI is InChI=1S/C8H7F3O2S.C8H7F3OS.C8H7F3O.C8H7F3S.CH4/c1-6-2-4-7(5-3-6)14(12,13)8(9,10)11;1-6-2-4-7(5-3-6)13(12)8(9,10)11;2*1-6-2-4-7(5-3-6)12-8(9,10)11;/h2-5H,1H3;2-5H,1H3;2*2-5H,1H3;1H4. The number of sulfone groups is 1. The lowest BCUT2D eigenvalue weighted by Gasteiger charge is -2.08. The van der Waals surface area contributed by atoms with E-state index in [-0.39, 0.29) is 34.7 Å². The van der Waals surface area contributed by atoms with E-state index < -0.39 is 48.4 Å². The molecule has 0 spiro atoms. The summed E-state index contributed by atoms with van der Waals surface area (Å²) in [6, 6.07) is 21.9. The second-order valence-electron chi connectivity index (χ2n) is 10.0. The fourth-order valence-corrected chi connectivity index (χ4v) is 5.08. The lowest BCUT2D eigenvalue weighted by Crippen LogP contribution is -2.23. The monoisotopic (exact) mass is 816 g/mol. The van der Waals surface area contributed by atoms with Crippen LogP contribution in [0.2, 0.25) is 0 Å². The maximum absolute atomic E-state index is 12.0. The van der Waals surface area contributed by atoms with E-state index in [1.165, 1.54) is 60.7 Å². The van der Waals surface area contributed by atoms with Crippen molar-refractivity contribution in [3.63, 3.8) is 0 Å². The summed E-state index contributed by atoms with van der Waals surface area (Å²) < 4.78 is 178. The van der Waals surface area contributed by atoms with Crippen LogP contribution < -0.4 is 4.74 Å². The number of halogens is 12. The van der Waals surface area contributed by atoms with Gasteiger partial charge in [0.2, 0.25) is 0 Å². The molecule has 0 bridgehead atoms. The van der Waals surface area contributed by atoms with E-state index in [4.69, 9.17) is 0 Å². The predicted octanol–water partition coefficient (Wildman–Crippen LogP) is 12.0. The molecule has 52 heavy (non-hydrogen) atoms. The summed E-state index contributed by atoms with van der Waals surface area (Å²) >= 11 is -0.0906. The van der Waals surface area contributed by atoms with Crippen LogP contribution in [0, 0.1) is 27.7 Å². The first-order valence-electron chi connectivity index (χ1n) is 13.7. The average molecular weight is 817 g/mol. The first kappa shape index (κ1) is 48.3. The quantitative estimate of drug-likeness (QED) is 0.152. The summed E-state index contributed by atoms with van der Waals surface area (Å²) in [6.07, 6.45) is -4.60. The Labute approximate surface area is 299 Å². The van der Waals surface area contributed by atoms with E-state index in [1.807, 2.05) is 6.92 Å². The lowest BCUT2D eigenvalue weighted by atomic mass is 10.2. The van der Waals surface area contributed by atoms with Crippen molar-refractivity contribution in [2.24, 2.45) is 0 Å². The molecular formula is C33H32F12O4S3. The molecule has 1 atom stereocenters. The van der Waals surface area contributed by atoms with E-state index in [2.05, 4.69) is 4.74 Å². The van der Waals surface area contributed by atoms with Crippen molar-refractivity contribution in [1.29, 1.82) is 0 Å². The summed E-state index contributed by atoms with van der Waals surface area (Å²) in [6.45, 7) is 7.03. The molecule has 4 nitrogen and oxygen atoms in total. The van der Waals surface area contributed by atoms with Crippen LogP contribution >= 0.6 is 11.8 Å². The van der Waals surface area contributed by atoms with Crippen LogP contribution in [-0.2, 0) is 20.6 Å². The second kappa shape index (κ2) is 19.9. The molecule has 0 amide bonds. The molecule has 4 aromatic carbocycles. The average Bonchev–Trinajstić information content (AvgIpc) is 2.98. The van der Waals surface area contributed by atoms with Crippen molar-refractivity contribution >= 4 is 32.4 Å². The van der Waals surface area contributed by atoms with Crippen LogP contribution in [0.25, 0.3) is 0 Å². The van der Waals surface area contributed by atoms with Gasteiger partial charge < -0.3 is 4.74 Å². The summed E-state index contributed by atoms with van der Waals surface area (Å²) in [7, 11) is -8.10. The minimum absolute atomic E-state index is 0. The van der Waals surface area contributed by atoms with Gasteiger partial charge in [0.05, 0.1) is 4.90 Å². The van der Waals surface area contributed by atoms with E-state index in [9.17, 15) is 65.3 Å². The molecule has 290 valence electrons. The number of hydrogen-bond donors (Lipinski definition) is 0. The smallest absolute Gasteiger partial charge is 0.406 e. The molecule has 0 saturated heterocycles. The van der Waals surface area contributed by atoms with Crippen LogP contribution in [0.3, 0.4) is 0 Å². The molecule has 0 aromatic heterocycles. The van der Waals surface area contributed by atoms with E-state index in [1.54, 1.807) is 45.0 Å². The number of benzene rings is 4. The molecule has 0 aliphatic heterocycles. The van der Waals surface area contributed by atoms with Gasteiger partial charge in [0.15, 0.2) is 10.8 Å². The number of hydrogen-bond acceptors (Lipinski definition) is 5. The van der Waals surface area contributed by atoms with Gasteiger partial charge in [-0.15, -0.1) is 13.2 Å². The van der Waals surface area contributed by atoms with E-state index >= 15 is 0 Å². The summed E-state index contributed by atoms with van der Waals surface area (Å²) in [5.74, 6) is -0.187. The first-order valence-corrected chi connectivity index (χ1v) is 17.1. The number of rotatable bonds is 4. The first-order chi connectivity index (χ1) is 23.1. The molecule has 0 radical (unpaired) electrons. The van der Waals surface area contributed by atoms with Crippen LogP contribution in [0.5, 0.6) is 5.75 Å². The fourth-order valence-electron chi connectivity index (χ4n) is 3.13. The molecular weight excluding hydrogens is 785 g/mol. The van der Waals surface area contributed by atoms with Gasteiger partial charge in [-0.25, -0.2) is 12.6 Å². The summed E-state index contributed by atoms with van der Waals surface area (Å²) in [4.78, 5) is -0.707. The van der Waals surface area contributed by atoms with Gasteiger partial charge in [-0.05, 0) is 88.0 Å². The summed E-state index contributed by atoms with van der Waals surface area (Å²) in [5.41, 5.74) is -10.7. The number of ether oxygens (including phenoxy) is 1. The highest BCUT2D eigenvalue weighted by atomic mass is 32.2. The van der Waals surface area contributed by atoms with Crippen LogP contribution in [0.1, 0.15) is 29.7 Å². The third kappa shape index (κ3) is 18.7. The highest BCUT2D eigenvalue weighted by molar-refractivity contribution is 8.00. The van der Waals surface area contributed by atoms with Crippen LogP contribution in [0.4, 0.5) is 52.7 Å². The number of aryl methyl sites for hydroxylation is 4. The minimum Gasteiger partial charge on any atom is -0.406 e. The molecule has 1 unspecified atom stereocenters.